The topological polar surface area (TPSA) is 50.7 Å². The Bertz CT molecular complexity index is 399. The van der Waals surface area contributed by atoms with Crippen molar-refractivity contribution in [2.75, 3.05) is 0 Å². The number of rotatable bonds is 3. The Morgan fingerprint density at radius 1 is 1.31 bits per heavy atom. The summed E-state index contributed by atoms with van der Waals surface area (Å²) in [7, 11) is 0. The Kier molecular flexibility index (Phi) is 7.84. The molecule has 0 spiro atoms. The van der Waals surface area contributed by atoms with Crippen molar-refractivity contribution in [1.29, 1.82) is 0 Å². The summed E-state index contributed by atoms with van der Waals surface area (Å²) in [6.07, 6.45) is 1.54. The van der Waals surface area contributed by atoms with Gasteiger partial charge in [0, 0.05) is 11.1 Å². The van der Waals surface area contributed by atoms with Crippen molar-refractivity contribution in [2.45, 2.75) is 6.92 Å². The molecule has 0 aromatic heterocycles. The molecule has 1 rings (SSSR count). The summed E-state index contributed by atoms with van der Waals surface area (Å²) in [4.78, 5) is 0. The number of amidine groups is 1. The van der Waals surface area contributed by atoms with Crippen LogP contribution in [0.1, 0.15) is 12.5 Å². The monoisotopic (exact) mass is 349 g/mol. The van der Waals surface area contributed by atoms with Gasteiger partial charge in [-0.15, -0.1) is 29.1 Å². The Hall–Kier alpha value is -0.880. The molecule has 0 saturated carbocycles. The first-order valence-corrected chi connectivity index (χ1v) is 4.86. The highest BCUT2D eigenvalue weighted by atomic mass is 127. The predicted octanol–water partition coefficient (Wildman–Crippen LogP) is 3.14. The number of nitrogens with two attached hydrogens (primary N) is 1. The van der Waals surface area contributed by atoms with Crippen molar-refractivity contribution >= 4 is 47.6 Å². The maximum Gasteiger partial charge on any atom is 0.153 e. The van der Waals surface area contributed by atoms with Crippen LogP contribution in [0.4, 0.5) is 0 Å². The molecule has 86 valence electrons. The van der Waals surface area contributed by atoms with Crippen LogP contribution in [0.2, 0.25) is 0 Å². The van der Waals surface area contributed by atoms with Crippen molar-refractivity contribution in [3.8, 4) is 0 Å². The summed E-state index contributed by atoms with van der Waals surface area (Å²) < 4.78 is 0. The Morgan fingerprint density at radius 2 is 1.94 bits per heavy atom. The standard InChI is InChI=1S/C11H12ClN3.HI/c1-9(7-12)8-14-15-11(13)10-5-3-2-4-6-10;/h2-8H,1H3,(H2,13,15);1H/b9-7+,14-8+;. The lowest BCUT2D eigenvalue weighted by atomic mass is 10.2. The summed E-state index contributed by atoms with van der Waals surface area (Å²) in [6, 6.07) is 9.45. The number of benzene rings is 1. The van der Waals surface area contributed by atoms with E-state index in [1.807, 2.05) is 37.3 Å². The van der Waals surface area contributed by atoms with Crippen LogP contribution in [0, 0.1) is 0 Å². The smallest absolute Gasteiger partial charge is 0.153 e. The Labute approximate surface area is 117 Å². The molecule has 0 amide bonds. The summed E-state index contributed by atoms with van der Waals surface area (Å²) >= 11 is 5.45. The molecule has 0 atom stereocenters. The third kappa shape index (κ3) is 5.27. The van der Waals surface area contributed by atoms with Crippen LogP contribution in [0.5, 0.6) is 0 Å². The number of halogens is 2. The van der Waals surface area contributed by atoms with Crippen LogP contribution < -0.4 is 5.73 Å². The van der Waals surface area contributed by atoms with E-state index >= 15 is 0 Å². The maximum atomic E-state index is 5.71. The number of hydrogen-bond acceptors (Lipinski definition) is 2. The van der Waals surface area contributed by atoms with Gasteiger partial charge in [0.15, 0.2) is 5.84 Å². The van der Waals surface area contributed by atoms with Gasteiger partial charge >= 0.3 is 0 Å². The summed E-state index contributed by atoms with van der Waals surface area (Å²) in [5, 5.41) is 7.65. The van der Waals surface area contributed by atoms with E-state index in [0.717, 1.165) is 11.1 Å². The highest BCUT2D eigenvalue weighted by Gasteiger charge is 1.94. The number of allylic oxidation sites excluding steroid dienone is 1. The van der Waals surface area contributed by atoms with Gasteiger partial charge in [0.2, 0.25) is 0 Å². The van der Waals surface area contributed by atoms with Crippen LogP contribution >= 0.6 is 35.6 Å². The summed E-state index contributed by atoms with van der Waals surface area (Å²) in [6.45, 7) is 1.82. The first-order valence-electron chi connectivity index (χ1n) is 4.43. The van der Waals surface area contributed by atoms with E-state index < -0.39 is 0 Å². The Balaban J connectivity index is 0.00000225. The fraction of sp³-hybridized carbons (Fsp3) is 0.0909. The third-order valence-corrected chi connectivity index (χ3v) is 2.01. The second-order valence-corrected chi connectivity index (χ2v) is 3.17. The van der Waals surface area contributed by atoms with Crippen LogP contribution in [0.25, 0.3) is 0 Å². The van der Waals surface area contributed by atoms with E-state index in [2.05, 4.69) is 10.2 Å². The van der Waals surface area contributed by atoms with Gasteiger partial charge in [-0.1, -0.05) is 41.9 Å². The van der Waals surface area contributed by atoms with Crippen molar-refractivity contribution in [3.05, 3.63) is 47.0 Å². The van der Waals surface area contributed by atoms with Crippen LogP contribution in [-0.2, 0) is 0 Å². The molecular weight excluding hydrogens is 336 g/mol. The molecule has 2 N–H and O–H groups in total. The lowest BCUT2D eigenvalue weighted by molar-refractivity contribution is 1.23. The minimum absolute atomic E-state index is 0. The van der Waals surface area contributed by atoms with Gasteiger partial charge in [-0.05, 0) is 12.5 Å². The summed E-state index contributed by atoms with van der Waals surface area (Å²) in [5.74, 6) is 0.384. The number of nitrogens with zero attached hydrogens (tertiary/aromatic N) is 2. The molecule has 1 aromatic rings. The van der Waals surface area contributed by atoms with E-state index in [-0.39, 0.29) is 24.0 Å². The maximum absolute atomic E-state index is 5.71. The van der Waals surface area contributed by atoms with Crippen LogP contribution in [0.15, 0.2) is 51.6 Å². The van der Waals surface area contributed by atoms with E-state index in [4.69, 9.17) is 17.3 Å². The predicted molar refractivity (Wildman–Crippen MR) is 80.7 cm³/mol. The second kappa shape index (κ2) is 8.29. The van der Waals surface area contributed by atoms with Gasteiger partial charge in [-0.2, -0.15) is 5.10 Å². The minimum atomic E-state index is 0. The van der Waals surface area contributed by atoms with Gasteiger partial charge in [-0.3, -0.25) is 0 Å². The highest BCUT2D eigenvalue weighted by Crippen LogP contribution is 1.98. The van der Waals surface area contributed by atoms with E-state index in [1.165, 1.54) is 5.54 Å². The lowest BCUT2D eigenvalue weighted by Crippen LogP contribution is -2.12. The van der Waals surface area contributed by atoms with Gasteiger partial charge in [0.1, 0.15) is 0 Å². The zero-order valence-electron chi connectivity index (χ0n) is 8.80. The summed E-state index contributed by atoms with van der Waals surface area (Å²) in [5.41, 5.74) is 8.80. The molecule has 1 aromatic carbocycles. The molecule has 0 radical (unpaired) electrons. The third-order valence-electron chi connectivity index (χ3n) is 1.67. The highest BCUT2D eigenvalue weighted by molar-refractivity contribution is 14.0. The largest absolute Gasteiger partial charge is 0.382 e. The quantitative estimate of drug-likeness (QED) is 0.387. The van der Waals surface area contributed by atoms with E-state index in [1.54, 1.807) is 6.21 Å². The fourth-order valence-electron chi connectivity index (χ4n) is 0.877. The van der Waals surface area contributed by atoms with Crippen molar-refractivity contribution in [1.82, 2.24) is 0 Å². The first kappa shape index (κ1) is 15.1. The van der Waals surface area contributed by atoms with Gasteiger partial charge < -0.3 is 5.73 Å². The normalized spacial score (nSPS) is 12.6. The molecule has 0 heterocycles. The zero-order valence-corrected chi connectivity index (χ0v) is 11.9. The van der Waals surface area contributed by atoms with E-state index in [9.17, 15) is 0 Å². The molecule has 0 bridgehead atoms. The first-order chi connectivity index (χ1) is 7.24. The average Bonchev–Trinajstić information content (AvgIpc) is 2.29. The number of hydrogen-bond donors (Lipinski definition) is 1. The molecule has 0 unspecified atom stereocenters. The molecule has 0 aliphatic rings. The molecule has 0 aliphatic heterocycles. The SMILES string of the molecule is CC(/C=N/N=C(\N)c1ccccc1)=C\Cl.I. The molecule has 3 nitrogen and oxygen atoms in total. The second-order valence-electron chi connectivity index (χ2n) is 2.95. The lowest BCUT2D eigenvalue weighted by Gasteiger charge is -1.96. The molecule has 0 aliphatic carbocycles. The zero-order chi connectivity index (χ0) is 11.1. The van der Waals surface area contributed by atoms with Gasteiger partial charge in [0.05, 0.1) is 6.21 Å². The van der Waals surface area contributed by atoms with Crippen molar-refractivity contribution in [2.24, 2.45) is 15.9 Å². The molecular formula is C11H13ClIN3. The molecule has 16 heavy (non-hydrogen) atoms. The molecule has 5 heteroatoms. The minimum Gasteiger partial charge on any atom is -0.382 e. The van der Waals surface area contributed by atoms with E-state index in [0.29, 0.717) is 5.84 Å². The van der Waals surface area contributed by atoms with Crippen molar-refractivity contribution in [3.63, 3.8) is 0 Å². The van der Waals surface area contributed by atoms with Crippen LogP contribution in [0.3, 0.4) is 0 Å². The van der Waals surface area contributed by atoms with Crippen molar-refractivity contribution < 1.29 is 0 Å². The van der Waals surface area contributed by atoms with Gasteiger partial charge in [0.25, 0.3) is 0 Å². The Morgan fingerprint density at radius 3 is 2.50 bits per heavy atom. The van der Waals surface area contributed by atoms with Crippen LogP contribution in [-0.4, -0.2) is 12.1 Å². The molecule has 0 saturated heterocycles. The average molecular weight is 350 g/mol. The molecule has 0 fully saturated rings. The van der Waals surface area contributed by atoms with Gasteiger partial charge in [-0.25, -0.2) is 0 Å². The fourth-order valence-corrected chi connectivity index (χ4v) is 0.933.